The normalized spacial score (nSPS) is 14.9. The van der Waals surface area contributed by atoms with E-state index in [-0.39, 0.29) is 16.7 Å². The Hall–Kier alpha value is -4.23. The zero-order valence-corrected chi connectivity index (χ0v) is 19.7. The van der Waals surface area contributed by atoms with Gasteiger partial charge in [0.1, 0.15) is 22.5 Å². The second-order valence-electron chi connectivity index (χ2n) is 8.03. The van der Waals surface area contributed by atoms with Gasteiger partial charge in [-0.15, -0.1) is 0 Å². The summed E-state index contributed by atoms with van der Waals surface area (Å²) in [7, 11) is 3.05. The highest BCUT2D eigenvalue weighted by molar-refractivity contribution is 6.32. The molecule has 1 aliphatic heterocycles. The summed E-state index contributed by atoms with van der Waals surface area (Å²) in [5, 5.41) is 13.6. The molecule has 0 bridgehead atoms. The number of nitrogens with zero attached hydrogens (tertiary/aromatic N) is 1. The monoisotopic (exact) mass is 488 g/mol. The van der Waals surface area contributed by atoms with Crippen molar-refractivity contribution in [3.05, 3.63) is 89.2 Å². The van der Waals surface area contributed by atoms with Crippen molar-refractivity contribution in [2.24, 2.45) is 0 Å². The molecule has 2 heterocycles. The van der Waals surface area contributed by atoms with Gasteiger partial charge in [-0.1, -0.05) is 48.0 Å². The summed E-state index contributed by atoms with van der Waals surface area (Å²) < 4.78 is 12.0. The van der Waals surface area contributed by atoms with Gasteiger partial charge in [0.25, 0.3) is 0 Å². The summed E-state index contributed by atoms with van der Waals surface area (Å²) >= 11 is 6.52. The van der Waals surface area contributed by atoms with E-state index in [9.17, 15) is 14.7 Å². The van der Waals surface area contributed by atoms with Crippen molar-refractivity contribution in [2.45, 2.75) is 5.92 Å². The number of hydrogen-bond donors (Lipinski definition) is 2. The van der Waals surface area contributed by atoms with Crippen LogP contribution in [0, 0.1) is 0 Å². The van der Waals surface area contributed by atoms with E-state index in [1.807, 2.05) is 12.1 Å². The lowest BCUT2D eigenvalue weighted by Gasteiger charge is -2.23. The molecule has 4 aromatic rings. The highest BCUT2D eigenvalue weighted by Crippen LogP contribution is 2.40. The number of anilines is 1. The maximum absolute atomic E-state index is 13.6. The molecular formula is C27H21ClN2O5. The fourth-order valence-corrected chi connectivity index (χ4v) is 4.63. The van der Waals surface area contributed by atoms with Gasteiger partial charge in [0.05, 0.1) is 19.9 Å². The minimum Gasteiger partial charge on any atom is -0.504 e. The topological polar surface area (TPSA) is 89.8 Å². The number of carbonyl (C=O) groups excluding carboxylic acids is 2. The van der Waals surface area contributed by atoms with E-state index in [0.717, 1.165) is 5.56 Å². The predicted octanol–water partition coefficient (Wildman–Crippen LogP) is 5.44. The lowest BCUT2D eigenvalue weighted by molar-refractivity contribution is -0.116. The van der Waals surface area contributed by atoms with Crippen molar-refractivity contribution in [3.8, 4) is 34.1 Å². The molecule has 1 unspecified atom stereocenters. The summed E-state index contributed by atoms with van der Waals surface area (Å²) in [5.41, 5.74) is 3.24. The number of fused-ring (bicyclic) bond motifs is 1. The summed E-state index contributed by atoms with van der Waals surface area (Å²) in [5.74, 6) is -0.724. The fraction of sp³-hybridized carbons (Fsp3) is 0.111. The van der Waals surface area contributed by atoms with Crippen LogP contribution in [0.5, 0.6) is 17.2 Å². The van der Waals surface area contributed by atoms with Crippen LogP contribution in [-0.4, -0.2) is 35.6 Å². The van der Waals surface area contributed by atoms with E-state index in [1.165, 1.54) is 7.11 Å². The number of hydrogen-bond acceptors (Lipinski definition) is 5. The van der Waals surface area contributed by atoms with E-state index >= 15 is 0 Å². The summed E-state index contributed by atoms with van der Waals surface area (Å²) in [6, 6.07) is 20.9. The molecular weight excluding hydrogens is 468 g/mol. The van der Waals surface area contributed by atoms with Gasteiger partial charge in [0.15, 0.2) is 17.3 Å². The van der Waals surface area contributed by atoms with Gasteiger partial charge >= 0.3 is 0 Å². The highest BCUT2D eigenvalue weighted by Gasteiger charge is 2.39. The Bertz CT molecular complexity index is 1440. The molecule has 0 saturated carbocycles. The number of carbonyl (C=O) groups is 2. The van der Waals surface area contributed by atoms with Crippen molar-refractivity contribution in [2.75, 3.05) is 19.5 Å². The van der Waals surface area contributed by atoms with Crippen LogP contribution in [0.1, 0.15) is 22.0 Å². The number of aromatic hydroxyl groups is 1. The Morgan fingerprint density at radius 1 is 0.943 bits per heavy atom. The average molecular weight is 489 g/mol. The average Bonchev–Trinajstić information content (AvgIpc) is 3.20. The van der Waals surface area contributed by atoms with Gasteiger partial charge in [-0.3, -0.25) is 14.2 Å². The van der Waals surface area contributed by atoms with Crippen LogP contribution >= 0.6 is 11.6 Å². The Morgan fingerprint density at radius 3 is 2.31 bits per heavy atom. The van der Waals surface area contributed by atoms with Crippen LogP contribution < -0.4 is 14.8 Å². The van der Waals surface area contributed by atoms with E-state index < -0.39 is 11.8 Å². The molecule has 0 spiro atoms. The van der Waals surface area contributed by atoms with Crippen LogP contribution in [0.4, 0.5) is 5.69 Å². The SMILES string of the molecule is COc1ccc(C2C(=O)Nc3cc(Cl)n(-c4ccc(-c5cccc(OC)c5O)cc4)c3C2=O)cc1. The number of phenolic OH excluding ortho intramolecular Hbond substituents is 1. The number of halogens is 1. The predicted molar refractivity (Wildman–Crippen MR) is 133 cm³/mol. The van der Waals surface area contributed by atoms with Gasteiger partial charge < -0.3 is 19.9 Å². The molecule has 35 heavy (non-hydrogen) atoms. The lowest BCUT2D eigenvalue weighted by Crippen LogP contribution is -2.34. The third kappa shape index (κ3) is 3.80. The van der Waals surface area contributed by atoms with Crippen molar-refractivity contribution in [3.63, 3.8) is 0 Å². The number of ketones is 1. The second-order valence-corrected chi connectivity index (χ2v) is 8.41. The smallest absolute Gasteiger partial charge is 0.239 e. The zero-order chi connectivity index (χ0) is 24.7. The first-order chi connectivity index (χ1) is 16.9. The molecule has 7 nitrogen and oxygen atoms in total. The van der Waals surface area contributed by atoms with E-state index in [2.05, 4.69) is 5.32 Å². The quantitative estimate of drug-likeness (QED) is 0.365. The minimum atomic E-state index is -1.01. The molecule has 1 aliphatic rings. The Labute approximate surface area is 206 Å². The van der Waals surface area contributed by atoms with Crippen LogP contribution in [0.25, 0.3) is 16.8 Å². The molecule has 5 rings (SSSR count). The number of ether oxygens (including phenoxy) is 2. The molecule has 0 saturated heterocycles. The van der Waals surface area contributed by atoms with Gasteiger partial charge in [-0.2, -0.15) is 0 Å². The Morgan fingerprint density at radius 2 is 1.66 bits per heavy atom. The molecule has 1 amide bonds. The number of benzene rings is 3. The van der Waals surface area contributed by atoms with Gasteiger partial charge in [0.2, 0.25) is 5.91 Å². The molecule has 0 radical (unpaired) electrons. The molecule has 1 aromatic heterocycles. The van der Waals surface area contributed by atoms with E-state index in [4.69, 9.17) is 21.1 Å². The molecule has 176 valence electrons. The zero-order valence-electron chi connectivity index (χ0n) is 18.9. The maximum Gasteiger partial charge on any atom is 0.239 e. The van der Waals surface area contributed by atoms with Crippen LogP contribution in [-0.2, 0) is 4.79 Å². The minimum absolute atomic E-state index is 0.0411. The molecule has 0 aliphatic carbocycles. The third-order valence-electron chi connectivity index (χ3n) is 6.08. The second kappa shape index (κ2) is 8.85. The number of nitrogens with one attached hydrogen (secondary N) is 1. The largest absolute Gasteiger partial charge is 0.504 e. The van der Waals surface area contributed by atoms with Gasteiger partial charge in [-0.05, 0) is 47.5 Å². The lowest BCUT2D eigenvalue weighted by atomic mass is 9.89. The van der Waals surface area contributed by atoms with E-state index in [0.29, 0.717) is 39.7 Å². The maximum atomic E-state index is 13.6. The standard InChI is InChI=1S/C27H21ClN2O5/c1-34-18-12-8-16(9-13-18)23-26(32)24-20(29-27(23)33)14-22(28)30(24)17-10-6-15(7-11-17)19-4-3-5-21(35-2)25(19)31/h3-14,23,31H,1-2H3,(H,29,33). The van der Waals surface area contributed by atoms with Crippen molar-refractivity contribution < 1.29 is 24.2 Å². The molecule has 1 atom stereocenters. The first-order valence-corrected chi connectivity index (χ1v) is 11.2. The number of rotatable bonds is 5. The van der Waals surface area contributed by atoms with Crippen LogP contribution in [0.15, 0.2) is 72.8 Å². The van der Waals surface area contributed by atoms with Crippen molar-refractivity contribution in [1.29, 1.82) is 0 Å². The van der Waals surface area contributed by atoms with Crippen molar-refractivity contribution >= 4 is 29.0 Å². The number of Topliss-reactive ketones (excluding diaryl/α,β-unsaturated/α-hetero) is 1. The van der Waals surface area contributed by atoms with Crippen LogP contribution in [0.2, 0.25) is 5.15 Å². The number of para-hydroxylation sites is 1. The molecule has 3 aromatic carbocycles. The highest BCUT2D eigenvalue weighted by atomic mass is 35.5. The first kappa shape index (κ1) is 22.6. The summed E-state index contributed by atoms with van der Waals surface area (Å²) in [4.78, 5) is 26.4. The Balaban J connectivity index is 1.54. The first-order valence-electron chi connectivity index (χ1n) is 10.8. The number of methoxy groups -OCH3 is 2. The van der Waals surface area contributed by atoms with Crippen molar-refractivity contribution in [1.82, 2.24) is 4.57 Å². The number of phenols is 1. The third-order valence-corrected chi connectivity index (χ3v) is 6.35. The summed E-state index contributed by atoms with van der Waals surface area (Å²) in [6.45, 7) is 0. The number of amides is 1. The molecule has 2 N–H and O–H groups in total. The van der Waals surface area contributed by atoms with Gasteiger partial charge in [0, 0.05) is 11.3 Å². The summed E-state index contributed by atoms with van der Waals surface area (Å²) in [6.07, 6.45) is 0. The van der Waals surface area contributed by atoms with E-state index in [1.54, 1.807) is 72.3 Å². The molecule has 8 heteroatoms. The van der Waals surface area contributed by atoms with Crippen LogP contribution in [0.3, 0.4) is 0 Å². The molecule has 0 fully saturated rings. The fourth-order valence-electron chi connectivity index (χ4n) is 4.34. The number of aromatic nitrogens is 1. The van der Waals surface area contributed by atoms with Gasteiger partial charge in [-0.25, -0.2) is 0 Å². The Kier molecular flexibility index (Phi) is 5.70.